The van der Waals surface area contributed by atoms with Gasteiger partial charge in [-0.3, -0.25) is 0 Å². The molecule has 0 unspecified atom stereocenters. The lowest BCUT2D eigenvalue weighted by atomic mass is 9.92. The molecule has 0 saturated carbocycles. The second kappa shape index (κ2) is 8.67. The summed E-state index contributed by atoms with van der Waals surface area (Å²) < 4.78 is 1.93. The van der Waals surface area contributed by atoms with Gasteiger partial charge in [0.2, 0.25) is 0 Å². The largest absolute Gasteiger partial charge is 0.232 e. The Labute approximate surface area is 201 Å². The molecule has 0 fully saturated rings. The first-order valence-electron chi connectivity index (χ1n) is 9.87. The number of aromatic nitrogens is 3. The standard InChI is InChI=1S/C24H22Cl3N3S/c1-14-22(15-5-8-17(25)9-6-15)23-28-20(24(2,3)4)12-21(30(23)29-14)31-13-16-7-10-18(26)11-19(16)27/h5-12H,13H2,1-4H3. The van der Waals surface area contributed by atoms with Gasteiger partial charge in [-0.2, -0.15) is 5.10 Å². The molecule has 4 aromatic rings. The lowest BCUT2D eigenvalue weighted by Gasteiger charge is -2.19. The van der Waals surface area contributed by atoms with E-state index < -0.39 is 0 Å². The fourth-order valence-corrected chi connectivity index (χ4v) is 5.01. The summed E-state index contributed by atoms with van der Waals surface area (Å²) in [5, 5.41) is 7.85. The van der Waals surface area contributed by atoms with Crippen LogP contribution in [-0.2, 0) is 11.2 Å². The van der Waals surface area contributed by atoms with E-state index in [9.17, 15) is 0 Å². The predicted octanol–water partition coefficient (Wildman–Crippen LogP) is 8.25. The lowest BCUT2D eigenvalue weighted by molar-refractivity contribution is 0.563. The Kier molecular flexibility index (Phi) is 6.28. The van der Waals surface area contributed by atoms with Crippen LogP contribution in [0.25, 0.3) is 16.8 Å². The SMILES string of the molecule is Cc1nn2c(SCc3ccc(Cl)cc3Cl)cc(C(C)(C)C)nc2c1-c1ccc(Cl)cc1. The minimum absolute atomic E-state index is 0.107. The van der Waals surface area contributed by atoms with Crippen molar-refractivity contribution < 1.29 is 0 Å². The third-order valence-electron chi connectivity index (χ3n) is 5.02. The van der Waals surface area contributed by atoms with Crippen molar-refractivity contribution in [1.82, 2.24) is 14.6 Å². The van der Waals surface area contributed by atoms with Crippen LogP contribution in [0.1, 0.15) is 37.7 Å². The number of hydrogen-bond donors (Lipinski definition) is 0. The smallest absolute Gasteiger partial charge is 0.164 e. The van der Waals surface area contributed by atoms with Gasteiger partial charge in [-0.05, 0) is 48.4 Å². The molecule has 3 nitrogen and oxygen atoms in total. The maximum Gasteiger partial charge on any atom is 0.164 e. The summed E-state index contributed by atoms with van der Waals surface area (Å²) in [6.07, 6.45) is 0. The van der Waals surface area contributed by atoms with Crippen LogP contribution in [0, 0.1) is 6.92 Å². The van der Waals surface area contributed by atoms with Crippen LogP contribution < -0.4 is 0 Å². The van der Waals surface area contributed by atoms with Crippen molar-refractivity contribution in [3.63, 3.8) is 0 Å². The molecule has 0 bridgehead atoms. The van der Waals surface area contributed by atoms with E-state index in [0.717, 1.165) is 38.8 Å². The van der Waals surface area contributed by atoms with E-state index in [1.165, 1.54) is 0 Å². The Balaban J connectivity index is 1.84. The van der Waals surface area contributed by atoms with Crippen LogP contribution in [0.2, 0.25) is 15.1 Å². The van der Waals surface area contributed by atoms with Crippen molar-refractivity contribution in [3.05, 3.63) is 80.6 Å². The fraction of sp³-hybridized carbons (Fsp3) is 0.250. The Morgan fingerprint density at radius 1 is 0.935 bits per heavy atom. The van der Waals surface area contributed by atoms with Crippen LogP contribution in [0.5, 0.6) is 0 Å². The zero-order chi connectivity index (χ0) is 22.3. The summed E-state index contributed by atoms with van der Waals surface area (Å²) in [5.74, 6) is 0.702. The average molecular weight is 491 g/mol. The van der Waals surface area contributed by atoms with Gasteiger partial charge in [-0.15, -0.1) is 11.8 Å². The molecule has 2 aromatic carbocycles. The third-order valence-corrected chi connectivity index (χ3v) is 6.90. The number of rotatable bonds is 4. The monoisotopic (exact) mass is 489 g/mol. The van der Waals surface area contributed by atoms with Gasteiger partial charge >= 0.3 is 0 Å². The van der Waals surface area contributed by atoms with Crippen LogP contribution >= 0.6 is 46.6 Å². The van der Waals surface area contributed by atoms with E-state index >= 15 is 0 Å². The highest BCUT2D eigenvalue weighted by Gasteiger charge is 2.22. The molecule has 31 heavy (non-hydrogen) atoms. The lowest BCUT2D eigenvalue weighted by Crippen LogP contribution is -2.15. The van der Waals surface area contributed by atoms with Gasteiger partial charge in [0.15, 0.2) is 5.65 Å². The molecule has 0 atom stereocenters. The van der Waals surface area contributed by atoms with Gasteiger partial charge in [0.25, 0.3) is 0 Å². The first-order chi connectivity index (χ1) is 14.6. The highest BCUT2D eigenvalue weighted by Crippen LogP contribution is 2.35. The molecule has 0 spiro atoms. The normalized spacial score (nSPS) is 12.0. The number of fused-ring (bicyclic) bond motifs is 1. The summed E-state index contributed by atoms with van der Waals surface area (Å²) in [6.45, 7) is 8.52. The second-order valence-corrected chi connectivity index (χ2v) is 10.7. The molecule has 0 amide bonds. The van der Waals surface area contributed by atoms with Gasteiger partial charge in [-0.25, -0.2) is 9.50 Å². The molecule has 0 aliphatic rings. The topological polar surface area (TPSA) is 30.2 Å². The fourth-order valence-electron chi connectivity index (χ4n) is 3.33. The van der Waals surface area contributed by atoms with Gasteiger partial charge in [-0.1, -0.05) is 73.8 Å². The van der Waals surface area contributed by atoms with Crippen molar-refractivity contribution in [2.75, 3.05) is 0 Å². The van der Waals surface area contributed by atoms with E-state index in [-0.39, 0.29) is 5.41 Å². The quantitative estimate of drug-likeness (QED) is 0.213. The Hall–Kier alpha value is -1.72. The van der Waals surface area contributed by atoms with E-state index in [1.807, 2.05) is 47.8 Å². The molecule has 160 valence electrons. The first kappa shape index (κ1) is 22.5. The third kappa shape index (κ3) is 4.73. The molecule has 0 radical (unpaired) electrons. The van der Waals surface area contributed by atoms with Crippen molar-refractivity contribution in [2.45, 2.75) is 43.9 Å². The van der Waals surface area contributed by atoms with Crippen molar-refractivity contribution >= 4 is 52.2 Å². The molecule has 0 N–H and O–H groups in total. The maximum atomic E-state index is 6.40. The summed E-state index contributed by atoms with van der Waals surface area (Å²) in [7, 11) is 0. The highest BCUT2D eigenvalue weighted by atomic mass is 35.5. The molecule has 0 aliphatic carbocycles. The molecule has 2 heterocycles. The van der Waals surface area contributed by atoms with E-state index in [0.29, 0.717) is 20.8 Å². The summed E-state index contributed by atoms with van der Waals surface area (Å²) in [4.78, 5) is 5.02. The molecule has 7 heteroatoms. The average Bonchev–Trinajstić information content (AvgIpc) is 3.03. The van der Waals surface area contributed by atoms with Crippen LogP contribution in [0.15, 0.2) is 53.6 Å². The number of benzene rings is 2. The Morgan fingerprint density at radius 3 is 2.26 bits per heavy atom. The minimum Gasteiger partial charge on any atom is -0.232 e. The minimum atomic E-state index is -0.107. The van der Waals surface area contributed by atoms with Crippen LogP contribution in [-0.4, -0.2) is 14.6 Å². The zero-order valence-corrected chi connectivity index (χ0v) is 20.8. The van der Waals surface area contributed by atoms with Crippen molar-refractivity contribution in [2.24, 2.45) is 0 Å². The molecule has 0 aliphatic heterocycles. The maximum absolute atomic E-state index is 6.40. The number of thioether (sulfide) groups is 1. The molecular weight excluding hydrogens is 469 g/mol. The van der Waals surface area contributed by atoms with Crippen LogP contribution in [0.4, 0.5) is 0 Å². The van der Waals surface area contributed by atoms with Gasteiger partial charge in [0, 0.05) is 31.8 Å². The zero-order valence-electron chi connectivity index (χ0n) is 17.7. The number of aryl methyl sites for hydroxylation is 1. The number of nitrogens with zero attached hydrogens (tertiary/aromatic N) is 3. The molecule has 2 aromatic heterocycles. The number of hydrogen-bond acceptors (Lipinski definition) is 3. The molecular formula is C24H22Cl3N3S. The van der Waals surface area contributed by atoms with Gasteiger partial charge in [0.05, 0.1) is 11.4 Å². The second-order valence-electron chi connectivity index (χ2n) is 8.46. The van der Waals surface area contributed by atoms with Crippen molar-refractivity contribution in [1.29, 1.82) is 0 Å². The summed E-state index contributed by atoms with van der Waals surface area (Å²) in [5.41, 5.74) is 5.77. The van der Waals surface area contributed by atoms with Gasteiger partial charge < -0.3 is 0 Å². The van der Waals surface area contributed by atoms with Crippen molar-refractivity contribution in [3.8, 4) is 11.1 Å². The molecule has 4 rings (SSSR count). The Bertz CT molecular complexity index is 1260. The first-order valence-corrected chi connectivity index (χ1v) is 12.0. The van der Waals surface area contributed by atoms with E-state index in [4.69, 9.17) is 44.9 Å². The summed E-state index contributed by atoms with van der Waals surface area (Å²) >= 11 is 20.2. The predicted molar refractivity (Wildman–Crippen MR) is 133 cm³/mol. The summed E-state index contributed by atoms with van der Waals surface area (Å²) in [6, 6.07) is 15.5. The highest BCUT2D eigenvalue weighted by molar-refractivity contribution is 7.98. The van der Waals surface area contributed by atoms with E-state index in [1.54, 1.807) is 17.8 Å². The number of halogens is 3. The van der Waals surface area contributed by atoms with Gasteiger partial charge in [0.1, 0.15) is 5.03 Å². The Morgan fingerprint density at radius 2 is 1.61 bits per heavy atom. The molecule has 0 saturated heterocycles. The van der Waals surface area contributed by atoms with Crippen LogP contribution in [0.3, 0.4) is 0 Å². The van der Waals surface area contributed by atoms with E-state index in [2.05, 4.69) is 26.8 Å².